The SMILES string of the molecule is COc1ccc(C(Cl)CC(C)C(C)(C)C)c(OC)c1OC. The molecule has 21 heavy (non-hydrogen) atoms. The Morgan fingerprint density at radius 3 is 2.00 bits per heavy atom. The van der Waals surface area contributed by atoms with E-state index in [0.717, 1.165) is 12.0 Å². The molecule has 2 unspecified atom stereocenters. The van der Waals surface area contributed by atoms with E-state index in [1.54, 1.807) is 21.3 Å². The smallest absolute Gasteiger partial charge is 0.203 e. The molecule has 0 amide bonds. The van der Waals surface area contributed by atoms with Crippen LogP contribution in [0.2, 0.25) is 0 Å². The topological polar surface area (TPSA) is 27.7 Å². The van der Waals surface area contributed by atoms with Gasteiger partial charge in [-0.25, -0.2) is 0 Å². The van der Waals surface area contributed by atoms with Gasteiger partial charge in [0.2, 0.25) is 5.75 Å². The maximum atomic E-state index is 6.64. The summed E-state index contributed by atoms with van der Waals surface area (Å²) in [4.78, 5) is 0. The number of benzene rings is 1. The Balaban J connectivity index is 3.12. The zero-order chi connectivity index (χ0) is 16.2. The first-order chi connectivity index (χ1) is 9.76. The number of hydrogen-bond acceptors (Lipinski definition) is 3. The third-order valence-corrected chi connectivity index (χ3v) is 4.52. The van der Waals surface area contributed by atoms with Crippen LogP contribution in [-0.2, 0) is 0 Å². The minimum absolute atomic E-state index is 0.131. The van der Waals surface area contributed by atoms with Crippen LogP contribution in [0, 0.1) is 11.3 Å². The number of alkyl halides is 1. The fourth-order valence-electron chi connectivity index (χ4n) is 2.16. The van der Waals surface area contributed by atoms with Crippen LogP contribution < -0.4 is 14.2 Å². The largest absolute Gasteiger partial charge is 0.493 e. The molecule has 0 heterocycles. The first kappa shape index (κ1) is 18.0. The van der Waals surface area contributed by atoms with Crippen LogP contribution in [0.4, 0.5) is 0 Å². The van der Waals surface area contributed by atoms with Gasteiger partial charge in [0.1, 0.15) is 0 Å². The van der Waals surface area contributed by atoms with E-state index < -0.39 is 0 Å². The van der Waals surface area contributed by atoms with Gasteiger partial charge >= 0.3 is 0 Å². The second kappa shape index (κ2) is 7.26. The van der Waals surface area contributed by atoms with Gasteiger partial charge in [-0.1, -0.05) is 27.7 Å². The molecule has 0 aliphatic heterocycles. The van der Waals surface area contributed by atoms with E-state index >= 15 is 0 Å². The van der Waals surface area contributed by atoms with Gasteiger partial charge < -0.3 is 14.2 Å². The highest BCUT2D eigenvalue weighted by atomic mass is 35.5. The zero-order valence-corrected chi connectivity index (χ0v) is 14.9. The molecule has 0 aliphatic carbocycles. The van der Waals surface area contributed by atoms with Crippen LogP contribution in [0.3, 0.4) is 0 Å². The fourth-order valence-corrected chi connectivity index (χ4v) is 2.60. The molecule has 0 saturated heterocycles. The molecule has 2 atom stereocenters. The van der Waals surface area contributed by atoms with Crippen molar-refractivity contribution in [3.8, 4) is 17.2 Å². The van der Waals surface area contributed by atoms with Gasteiger partial charge in [-0.2, -0.15) is 0 Å². The van der Waals surface area contributed by atoms with E-state index in [1.807, 2.05) is 12.1 Å². The summed E-state index contributed by atoms with van der Waals surface area (Å²) in [5.74, 6) is 2.37. The van der Waals surface area contributed by atoms with Gasteiger partial charge in [0.25, 0.3) is 0 Å². The van der Waals surface area contributed by atoms with Gasteiger partial charge in [0.15, 0.2) is 11.5 Å². The molecule has 4 heteroatoms. The first-order valence-electron chi connectivity index (χ1n) is 7.19. The third-order valence-electron chi connectivity index (χ3n) is 4.11. The van der Waals surface area contributed by atoms with E-state index in [1.165, 1.54) is 0 Å². The molecular weight excluding hydrogens is 288 g/mol. The number of halogens is 1. The second-order valence-corrected chi connectivity index (χ2v) is 6.92. The molecule has 1 rings (SSSR count). The van der Waals surface area contributed by atoms with Gasteiger partial charge in [-0.05, 0) is 29.9 Å². The van der Waals surface area contributed by atoms with E-state index in [2.05, 4.69) is 27.7 Å². The molecule has 0 saturated carbocycles. The Labute approximate surface area is 133 Å². The third kappa shape index (κ3) is 4.19. The summed E-state index contributed by atoms with van der Waals surface area (Å²) >= 11 is 6.64. The summed E-state index contributed by atoms with van der Waals surface area (Å²) < 4.78 is 16.2. The van der Waals surface area contributed by atoms with E-state index in [-0.39, 0.29) is 10.8 Å². The van der Waals surface area contributed by atoms with Crippen molar-refractivity contribution in [1.82, 2.24) is 0 Å². The second-order valence-electron chi connectivity index (χ2n) is 6.39. The molecule has 0 spiro atoms. The molecule has 0 fully saturated rings. The average molecular weight is 315 g/mol. The summed E-state index contributed by atoms with van der Waals surface area (Å²) in [6, 6.07) is 3.82. The van der Waals surface area contributed by atoms with Gasteiger partial charge in [-0.15, -0.1) is 11.6 Å². The summed E-state index contributed by atoms with van der Waals surface area (Å²) in [7, 11) is 4.83. The Morgan fingerprint density at radius 2 is 1.57 bits per heavy atom. The monoisotopic (exact) mass is 314 g/mol. The summed E-state index contributed by atoms with van der Waals surface area (Å²) in [6.07, 6.45) is 0.872. The summed E-state index contributed by atoms with van der Waals surface area (Å²) in [5, 5.41) is -0.131. The minimum Gasteiger partial charge on any atom is -0.493 e. The number of ether oxygens (including phenoxy) is 3. The highest BCUT2D eigenvalue weighted by molar-refractivity contribution is 6.21. The molecule has 0 radical (unpaired) electrons. The molecule has 120 valence electrons. The number of rotatable bonds is 6. The van der Waals surface area contributed by atoms with Gasteiger partial charge in [-0.3, -0.25) is 0 Å². The molecule has 1 aromatic rings. The molecular formula is C17H27ClO3. The van der Waals surface area contributed by atoms with Crippen LogP contribution in [0.25, 0.3) is 0 Å². The average Bonchev–Trinajstić information content (AvgIpc) is 2.43. The standard InChI is InChI=1S/C17H27ClO3/c1-11(17(2,3)4)10-13(18)12-8-9-14(19-5)16(21-7)15(12)20-6/h8-9,11,13H,10H2,1-7H3. The molecule has 0 bridgehead atoms. The molecule has 0 aromatic heterocycles. The van der Waals surface area contributed by atoms with Crippen molar-refractivity contribution in [3.63, 3.8) is 0 Å². The number of methoxy groups -OCH3 is 3. The highest BCUT2D eigenvalue weighted by Gasteiger charge is 2.26. The van der Waals surface area contributed by atoms with Crippen molar-refractivity contribution in [1.29, 1.82) is 0 Å². The predicted octanol–water partition coefficient (Wildman–Crippen LogP) is 5.06. The van der Waals surface area contributed by atoms with E-state index in [4.69, 9.17) is 25.8 Å². The lowest BCUT2D eigenvalue weighted by Gasteiger charge is -2.29. The molecule has 0 aliphatic rings. The summed E-state index contributed by atoms with van der Waals surface area (Å²) in [5.41, 5.74) is 1.16. The Kier molecular flexibility index (Phi) is 6.21. The van der Waals surface area contributed by atoms with Crippen LogP contribution in [0.5, 0.6) is 17.2 Å². The quantitative estimate of drug-likeness (QED) is 0.686. The zero-order valence-electron chi connectivity index (χ0n) is 14.1. The van der Waals surface area contributed by atoms with Gasteiger partial charge in [0, 0.05) is 5.56 Å². The Morgan fingerprint density at radius 1 is 1.00 bits per heavy atom. The summed E-state index contributed by atoms with van der Waals surface area (Å²) in [6.45, 7) is 8.91. The van der Waals surface area contributed by atoms with Gasteiger partial charge in [0.05, 0.1) is 26.7 Å². The Hall–Kier alpha value is -1.09. The lowest BCUT2D eigenvalue weighted by molar-refractivity contribution is 0.243. The van der Waals surface area contributed by atoms with E-state index in [0.29, 0.717) is 23.2 Å². The molecule has 3 nitrogen and oxygen atoms in total. The number of hydrogen-bond donors (Lipinski definition) is 0. The Bertz CT molecular complexity index is 466. The van der Waals surface area contributed by atoms with Crippen molar-refractivity contribution >= 4 is 11.6 Å². The van der Waals surface area contributed by atoms with E-state index in [9.17, 15) is 0 Å². The maximum Gasteiger partial charge on any atom is 0.203 e. The normalized spacial score (nSPS) is 14.5. The highest BCUT2D eigenvalue weighted by Crippen LogP contribution is 2.46. The van der Waals surface area contributed by atoms with Crippen molar-refractivity contribution in [2.75, 3.05) is 21.3 Å². The van der Waals surface area contributed by atoms with Crippen LogP contribution in [-0.4, -0.2) is 21.3 Å². The van der Waals surface area contributed by atoms with Crippen molar-refractivity contribution < 1.29 is 14.2 Å². The first-order valence-corrected chi connectivity index (χ1v) is 7.62. The van der Waals surface area contributed by atoms with Crippen molar-refractivity contribution in [3.05, 3.63) is 17.7 Å². The van der Waals surface area contributed by atoms with Crippen LogP contribution in [0.1, 0.15) is 45.1 Å². The van der Waals surface area contributed by atoms with Crippen LogP contribution >= 0.6 is 11.6 Å². The lowest BCUT2D eigenvalue weighted by atomic mass is 9.79. The van der Waals surface area contributed by atoms with Crippen LogP contribution in [0.15, 0.2) is 12.1 Å². The molecule has 1 aromatic carbocycles. The fraction of sp³-hybridized carbons (Fsp3) is 0.647. The van der Waals surface area contributed by atoms with Crippen molar-refractivity contribution in [2.24, 2.45) is 11.3 Å². The minimum atomic E-state index is -0.131. The predicted molar refractivity (Wildman–Crippen MR) is 87.9 cm³/mol. The van der Waals surface area contributed by atoms with Crippen molar-refractivity contribution in [2.45, 2.75) is 39.5 Å². The maximum absolute atomic E-state index is 6.64. The molecule has 0 N–H and O–H groups in total. The lowest BCUT2D eigenvalue weighted by Crippen LogP contribution is -2.18.